The molecular weight excluding hydrogens is 236 g/mol. The molecule has 0 spiro atoms. The number of nitrogens with two attached hydrogens (primary N) is 1. The lowest BCUT2D eigenvalue weighted by Crippen LogP contribution is -2.37. The molecule has 3 nitrogen and oxygen atoms in total. The third kappa shape index (κ3) is 2.26. The molecule has 0 radical (unpaired) electrons. The summed E-state index contributed by atoms with van der Waals surface area (Å²) in [4.78, 5) is 17.0. The van der Waals surface area contributed by atoms with Crippen molar-refractivity contribution >= 4 is 16.6 Å². The number of rotatable bonds is 5. The third-order valence-corrected chi connectivity index (χ3v) is 4.15. The van der Waals surface area contributed by atoms with Gasteiger partial charge in [0.1, 0.15) is 0 Å². The number of ketones is 1. The standard InChI is InChI=1S/C16H20N2O/c1-3-16(4-2,11-17)15(19)13-7-5-6-12-8-9-18-10-14(12)13/h5-10H,3-4,11,17H2,1-2H3. The van der Waals surface area contributed by atoms with E-state index in [1.807, 2.05) is 38.1 Å². The second-order valence-electron chi connectivity index (χ2n) is 4.92. The largest absolute Gasteiger partial charge is 0.329 e. The van der Waals surface area contributed by atoms with Crippen molar-refractivity contribution in [1.82, 2.24) is 4.98 Å². The Labute approximate surface area is 113 Å². The minimum Gasteiger partial charge on any atom is -0.329 e. The van der Waals surface area contributed by atoms with Gasteiger partial charge in [0.2, 0.25) is 0 Å². The fourth-order valence-electron chi connectivity index (χ4n) is 2.55. The van der Waals surface area contributed by atoms with Crippen molar-refractivity contribution in [3.05, 3.63) is 42.2 Å². The second kappa shape index (κ2) is 5.49. The summed E-state index contributed by atoms with van der Waals surface area (Å²) in [6.45, 7) is 4.44. The van der Waals surface area contributed by atoms with Gasteiger partial charge in [0, 0.05) is 35.3 Å². The number of fused-ring (bicyclic) bond motifs is 1. The van der Waals surface area contributed by atoms with Gasteiger partial charge in [0.15, 0.2) is 5.78 Å². The number of carbonyl (C=O) groups excluding carboxylic acids is 1. The Morgan fingerprint density at radius 2 is 2.00 bits per heavy atom. The number of aromatic nitrogens is 1. The summed E-state index contributed by atoms with van der Waals surface area (Å²) in [7, 11) is 0. The number of hydrogen-bond acceptors (Lipinski definition) is 3. The molecule has 19 heavy (non-hydrogen) atoms. The highest BCUT2D eigenvalue weighted by Crippen LogP contribution is 2.32. The first kappa shape index (κ1) is 13.7. The molecule has 0 saturated heterocycles. The van der Waals surface area contributed by atoms with Crippen LogP contribution < -0.4 is 5.73 Å². The molecule has 1 aromatic carbocycles. The van der Waals surface area contributed by atoms with Gasteiger partial charge in [-0.1, -0.05) is 32.0 Å². The summed E-state index contributed by atoms with van der Waals surface area (Å²) in [6.07, 6.45) is 5.02. The molecule has 0 atom stereocenters. The van der Waals surface area contributed by atoms with Gasteiger partial charge in [-0.3, -0.25) is 9.78 Å². The highest BCUT2D eigenvalue weighted by molar-refractivity contribution is 6.10. The first-order valence-electron chi connectivity index (χ1n) is 6.76. The van der Waals surface area contributed by atoms with Gasteiger partial charge in [-0.2, -0.15) is 0 Å². The predicted octanol–water partition coefficient (Wildman–Crippen LogP) is 3.18. The van der Waals surface area contributed by atoms with Gasteiger partial charge in [0.05, 0.1) is 0 Å². The molecule has 0 unspecified atom stereocenters. The Hall–Kier alpha value is -1.74. The van der Waals surface area contributed by atoms with Crippen LogP contribution in [-0.4, -0.2) is 17.3 Å². The average Bonchev–Trinajstić information content (AvgIpc) is 2.49. The molecule has 0 amide bonds. The number of nitrogens with zero attached hydrogens (tertiary/aromatic N) is 1. The van der Waals surface area contributed by atoms with Gasteiger partial charge >= 0.3 is 0 Å². The van der Waals surface area contributed by atoms with Crippen LogP contribution in [0.4, 0.5) is 0 Å². The van der Waals surface area contributed by atoms with Gasteiger partial charge in [0.25, 0.3) is 0 Å². The fourth-order valence-corrected chi connectivity index (χ4v) is 2.55. The third-order valence-electron chi connectivity index (χ3n) is 4.15. The van der Waals surface area contributed by atoms with Crippen LogP contribution in [0.3, 0.4) is 0 Å². The van der Waals surface area contributed by atoms with E-state index in [2.05, 4.69) is 4.98 Å². The lowest BCUT2D eigenvalue weighted by Gasteiger charge is -2.28. The molecule has 2 N–H and O–H groups in total. The van der Waals surface area contributed by atoms with Crippen molar-refractivity contribution in [3.8, 4) is 0 Å². The molecule has 1 aromatic heterocycles. The molecule has 0 saturated carbocycles. The van der Waals surface area contributed by atoms with Crippen molar-refractivity contribution in [1.29, 1.82) is 0 Å². The Morgan fingerprint density at radius 3 is 2.63 bits per heavy atom. The van der Waals surface area contributed by atoms with Crippen LogP contribution in [0.2, 0.25) is 0 Å². The molecule has 2 aromatic rings. The van der Waals surface area contributed by atoms with E-state index < -0.39 is 5.41 Å². The highest BCUT2D eigenvalue weighted by Gasteiger charge is 2.34. The van der Waals surface area contributed by atoms with Crippen LogP contribution in [0.15, 0.2) is 36.7 Å². The molecule has 0 aliphatic carbocycles. The summed E-state index contributed by atoms with van der Waals surface area (Å²) >= 11 is 0. The smallest absolute Gasteiger partial charge is 0.170 e. The first-order valence-corrected chi connectivity index (χ1v) is 6.76. The highest BCUT2D eigenvalue weighted by atomic mass is 16.1. The van der Waals surface area contributed by atoms with Crippen LogP contribution in [0, 0.1) is 5.41 Å². The number of carbonyl (C=O) groups is 1. The Kier molecular flexibility index (Phi) is 3.96. The van der Waals surface area contributed by atoms with Crippen LogP contribution in [-0.2, 0) is 0 Å². The molecule has 0 aliphatic rings. The van der Waals surface area contributed by atoms with Crippen LogP contribution in [0.25, 0.3) is 10.8 Å². The van der Waals surface area contributed by atoms with Crippen molar-refractivity contribution in [2.75, 3.05) is 6.54 Å². The maximum absolute atomic E-state index is 12.9. The summed E-state index contributed by atoms with van der Waals surface area (Å²) < 4.78 is 0. The SMILES string of the molecule is CCC(CC)(CN)C(=O)c1cccc2ccncc12. The number of pyridine rings is 1. The van der Waals surface area contributed by atoms with Gasteiger partial charge < -0.3 is 5.73 Å². The first-order chi connectivity index (χ1) is 9.18. The zero-order chi connectivity index (χ0) is 13.9. The normalized spacial score (nSPS) is 11.7. The number of hydrogen-bond donors (Lipinski definition) is 1. The van der Waals surface area contributed by atoms with Gasteiger partial charge in [-0.05, 0) is 24.3 Å². The monoisotopic (exact) mass is 256 g/mol. The molecular formula is C16H20N2O. The minimum absolute atomic E-state index is 0.138. The van der Waals surface area contributed by atoms with Crippen LogP contribution in [0.1, 0.15) is 37.0 Å². The summed E-state index contributed by atoms with van der Waals surface area (Å²) in [5, 5.41) is 1.95. The Balaban J connectivity index is 2.58. The lowest BCUT2D eigenvalue weighted by atomic mass is 9.75. The van der Waals surface area contributed by atoms with E-state index in [4.69, 9.17) is 5.73 Å². The maximum atomic E-state index is 12.9. The van der Waals surface area contributed by atoms with Gasteiger partial charge in [-0.25, -0.2) is 0 Å². The summed E-state index contributed by atoms with van der Waals surface area (Å²) in [5.41, 5.74) is 6.16. The van der Waals surface area contributed by atoms with E-state index in [0.29, 0.717) is 6.54 Å². The molecule has 0 fully saturated rings. The topological polar surface area (TPSA) is 56.0 Å². The number of Topliss-reactive ketones (excluding diaryl/α,β-unsaturated/α-hetero) is 1. The van der Waals surface area contributed by atoms with Crippen molar-refractivity contribution in [2.24, 2.45) is 11.1 Å². The average molecular weight is 256 g/mol. The van der Waals surface area contributed by atoms with E-state index >= 15 is 0 Å². The summed E-state index contributed by atoms with van der Waals surface area (Å²) in [5.74, 6) is 0.138. The predicted molar refractivity (Wildman–Crippen MR) is 78.1 cm³/mol. The van der Waals surface area contributed by atoms with Crippen molar-refractivity contribution in [2.45, 2.75) is 26.7 Å². The second-order valence-corrected chi connectivity index (χ2v) is 4.92. The quantitative estimate of drug-likeness (QED) is 0.836. The molecule has 3 heteroatoms. The lowest BCUT2D eigenvalue weighted by molar-refractivity contribution is 0.0789. The number of benzene rings is 1. The van der Waals surface area contributed by atoms with Crippen LogP contribution >= 0.6 is 0 Å². The van der Waals surface area contributed by atoms with Gasteiger partial charge in [-0.15, -0.1) is 0 Å². The van der Waals surface area contributed by atoms with E-state index in [0.717, 1.165) is 29.2 Å². The van der Waals surface area contributed by atoms with Crippen molar-refractivity contribution in [3.63, 3.8) is 0 Å². The molecule has 0 bridgehead atoms. The summed E-state index contributed by atoms with van der Waals surface area (Å²) in [6, 6.07) is 7.72. The van der Waals surface area contributed by atoms with Crippen LogP contribution in [0.5, 0.6) is 0 Å². The zero-order valence-electron chi connectivity index (χ0n) is 11.5. The fraction of sp³-hybridized carbons (Fsp3) is 0.375. The van der Waals surface area contributed by atoms with E-state index in [9.17, 15) is 4.79 Å². The molecule has 0 aliphatic heterocycles. The minimum atomic E-state index is -0.454. The molecule has 100 valence electrons. The van der Waals surface area contributed by atoms with E-state index in [-0.39, 0.29) is 5.78 Å². The Morgan fingerprint density at radius 1 is 1.26 bits per heavy atom. The molecule has 2 rings (SSSR count). The van der Waals surface area contributed by atoms with E-state index in [1.165, 1.54) is 0 Å². The zero-order valence-corrected chi connectivity index (χ0v) is 11.5. The van der Waals surface area contributed by atoms with E-state index in [1.54, 1.807) is 12.4 Å². The molecule has 1 heterocycles. The van der Waals surface area contributed by atoms with Crippen molar-refractivity contribution < 1.29 is 4.79 Å². The Bertz CT molecular complexity index is 575. The maximum Gasteiger partial charge on any atom is 0.170 e.